The summed E-state index contributed by atoms with van der Waals surface area (Å²) in [5.41, 5.74) is 1.20. The Morgan fingerprint density at radius 2 is 1.91 bits per heavy atom. The van der Waals surface area contributed by atoms with Crippen molar-refractivity contribution in [2.75, 3.05) is 6.54 Å². The standard InChI is InChI=1S/C24H20N4O4/c29-22(19-13-16-5-1-2-7-18(16)32-19)20-21(17-6-3-8-25-14-17)28(24(31)23(20)30)11-4-10-27-12-9-26-15-27/h1-3,5-9,12-15,20-21H,4,10-11H2. The highest BCUT2D eigenvalue weighted by Crippen LogP contribution is 2.38. The first kappa shape index (κ1) is 19.9. The molecule has 2 atom stereocenters. The zero-order chi connectivity index (χ0) is 22.1. The minimum absolute atomic E-state index is 0.0755. The van der Waals surface area contributed by atoms with Gasteiger partial charge in [0.2, 0.25) is 11.6 Å². The number of carbonyl (C=O) groups excluding carboxylic acids is 3. The minimum Gasteiger partial charge on any atom is -0.453 e. The monoisotopic (exact) mass is 428 g/mol. The fourth-order valence-electron chi connectivity index (χ4n) is 4.25. The van der Waals surface area contributed by atoms with E-state index in [1.165, 1.54) is 4.90 Å². The fraction of sp³-hybridized carbons (Fsp3) is 0.208. The molecule has 5 rings (SSSR count). The van der Waals surface area contributed by atoms with Gasteiger partial charge in [0.05, 0.1) is 12.4 Å². The molecule has 160 valence electrons. The van der Waals surface area contributed by atoms with E-state index < -0.39 is 29.4 Å². The molecule has 0 bridgehead atoms. The fourth-order valence-corrected chi connectivity index (χ4v) is 4.25. The number of carbonyl (C=O) groups is 3. The Kier molecular flexibility index (Phi) is 5.10. The van der Waals surface area contributed by atoms with Crippen molar-refractivity contribution in [3.63, 3.8) is 0 Å². The molecule has 1 fully saturated rings. The Morgan fingerprint density at radius 3 is 2.66 bits per heavy atom. The molecule has 0 N–H and O–H groups in total. The number of amides is 1. The number of hydrogen-bond donors (Lipinski definition) is 0. The van der Waals surface area contributed by atoms with Gasteiger partial charge in [-0.2, -0.15) is 0 Å². The molecule has 1 saturated heterocycles. The van der Waals surface area contributed by atoms with Crippen molar-refractivity contribution in [2.45, 2.75) is 19.0 Å². The van der Waals surface area contributed by atoms with Crippen LogP contribution in [-0.2, 0) is 16.1 Å². The zero-order valence-electron chi connectivity index (χ0n) is 17.1. The topological polar surface area (TPSA) is 98.3 Å². The first-order chi connectivity index (χ1) is 15.6. The van der Waals surface area contributed by atoms with E-state index in [9.17, 15) is 14.4 Å². The number of furan rings is 1. The van der Waals surface area contributed by atoms with Crippen LogP contribution in [0.3, 0.4) is 0 Å². The minimum atomic E-state index is -1.18. The van der Waals surface area contributed by atoms with Crippen LogP contribution in [0, 0.1) is 5.92 Å². The van der Waals surface area contributed by atoms with Crippen molar-refractivity contribution < 1.29 is 18.8 Å². The normalized spacial score (nSPS) is 18.6. The van der Waals surface area contributed by atoms with Crippen LogP contribution in [0.4, 0.5) is 0 Å². The van der Waals surface area contributed by atoms with Crippen molar-refractivity contribution in [3.05, 3.63) is 84.9 Å². The summed E-state index contributed by atoms with van der Waals surface area (Å²) < 4.78 is 7.62. The lowest BCUT2D eigenvalue weighted by Crippen LogP contribution is -2.32. The molecule has 1 aromatic carbocycles. The molecule has 3 aromatic heterocycles. The van der Waals surface area contributed by atoms with Crippen LogP contribution in [0.15, 0.2) is 78.0 Å². The first-order valence-corrected chi connectivity index (χ1v) is 10.4. The first-order valence-electron chi connectivity index (χ1n) is 10.4. The SMILES string of the molecule is O=C1C(=O)N(CCCn2ccnc2)C(c2cccnc2)C1C(=O)c1cc2ccccc2o1. The molecule has 4 heterocycles. The van der Waals surface area contributed by atoms with Crippen molar-refractivity contribution in [1.29, 1.82) is 0 Å². The molecular weight excluding hydrogens is 408 g/mol. The van der Waals surface area contributed by atoms with Crippen molar-refractivity contribution in [1.82, 2.24) is 19.4 Å². The second-order valence-electron chi connectivity index (χ2n) is 7.74. The number of pyridine rings is 1. The van der Waals surface area contributed by atoms with Gasteiger partial charge in [0, 0.05) is 43.3 Å². The number of benzene rings is 1. The number of aromatic nitrogens is 3. The van der Waals surface area contributed by atoms with E-state index >= 15 is 0 Å². The molecule has 8 nitrogen and oxygen atoms in total. The lowest BCUT2D eigenvalue weighted by atomic mass is 9.89. The number of para-hydroxylation sites is 1. The third kappa shape index (κ3) is 3.49. The van der Waals surface area contributed by atoms with E-state index in [-0.39, 0.29) is 5.76 Å². The predicted molar refractivity (Wildman–Crippen MR) is 115 cm³/mol. The van der Waals surface area contributed by atoms with Crippen LogP contribution in [0.25, 0.3) is 11.0 Å². The van der Waals surface area contributed by atoms with Gasteiger partial charge in [-0.05, 0) is 30.2 Å². The third-order valence-electron chi connectivity index (χ3n) is 5.76. The lowest BCUT2D eigenvalue weighted by Gasteiger charge is -2.26. The van der Waals surface area contributed by atoms with E-state index in [0.717, 1.165) is 5.39 Å². The van der Waals surface area contributed by atoms with Crippen molar-refractivity contribution in [2.24, 2.45) is 5.92 Å². The third-order valence-corrected chi connectivity index (χ3v) is 5.76. The van der Waals surface area contributed by atoms with Crippen LogP contribution in [-0.4, -0.2) is 43.5 Å². The number of fused-ring (bicyclic) bond motifs is 1. The molecule has 2 unspecified atom stereocenters. The molecule has 32 heavy (non-hydrogen) atoms. The number of ketones is 2. The van der Waals surface area contributed by atoms with Gasteiger partial charge in [0.15, 0.2) is 5.76 Å². The summed E-state index contributed by atoms with van der Waals surface area (Å²) in [4.78, 5) is 49.1. The average molecular weight is 428 g/mol. The Balaban J connectivity index is 1.47. The maximum absolute atomic E-state index is 13.4. The Bertz CT molecular complexity index is 1250. The molecule has 0 aliphatic carbocycles. The van der Waals surface area contributed by atoms with E-state index in [2.05, 4.69) is 9.97 Å². The molecule has 8 heteroatoms. The number of aryl methyl sites for hydroxylation is 1. The number of rotatable bonds is 7. The lowest BCUT2D eigenvalue weighted by molar-refractivity contribution is -0.140. The summed E-state index contributed by atoms with van der Waals surface area (Å²) >= 11 is 0. The average Bonchev–Trinajstić information content (AvgIpc) is 3.54. The smallest absolute Gasteiger partial charge is 0.291 e. The van der Waals surface area contributed by atoms with Crippen LogP contribution in [0.5, 0.6) is 0 Å². The van der Waals surface area contributed by atoms with Gasteiger partial charge in [0.25, 0.3) is 5.91 Å². The number of hydrogen-bond acceptors (Lipinski definition) is 6. The summed E-state index contributed by atoms with van der Waals surface area (Å²) in [6.45, 7) is 0.964. The van der Waals surface area contributed by atoms with Gasteiger partial charge in [-0.1, -0.05) is 24.3 Å². The molecule has 4 aromatic rings. The predicted octanol–water partition coefficient (Wildman–Crippen LogP) is 3.07. The van der Waals surface area contributed by atoms with Gasteiger partial charge >= 0.3 is 0 Å². The summed E-state index contributed by atoms with van der Waals surface area (Å²) in [6.07, 6.45) is 9.04. The van der Waals surface area contributed by atoms with Crippen LogP contribution >= 0.6 is 0 Å². The van der Waals surface area contributed by atoms with Crippen molar-refractivity contribution in [3.8, 4) is 0 Å². The molecule has 1 aliphatic heterocycles. The van der Waals surface area contributed by atoms with E-state index in [0.29, 0.717) is 30.7 Å². The largest absolute Gasteiger partial charge is 0.453 e. The van der Waals surface area contributed by atoms with Crippen LogP contribution in [0.1, 0.15) is 28.6 Å². The highest BCUT2D eigenvalue weighted by molar-refractivity contribution is 6.43. The highest BCUT2D eigenvalue weighted by Gasteiger charge is 2.52. The number of likely N-dealkylation sites (tertiary alicyclic amines) is 1. The van der Waals surface area contributed by atoms with Gasteiger partial charge in [0.1, 0.15) is 11.5 Å². The zero-order valence-corrected chi connectivity index (χ0v) is 17.1. The summed E-state index contributed by atoms with van der Waals surface area (Å²) in [7, 11) is 0. The number of nitrogens with zero attached hydrogens (tertiary/aromatic N) is 4. The summed E-state index contributed by atoms with van der Waals surface area (Å²) in [6, 6.07) is 11.7. The van der Waals surface area contributed by atoms with Crippen LogP contribution < -0.4 is 0 Å². The molecule has 0 saturated carbocycles. The number of Topliss-reactive ketones (excluding diaryl/α,β-unsaturated/α-hetero) is 2. The molecule has 1 aliphatic rings. The second kappa shape index (κ2) is 8.22. The Hall–Kier alpha value is -4.07. The Morgan fingerprint density at radius 1 is 1.03 bits per heavy atom. The van der Waals surface area contributed by atoms with Gasteiger partial charge in [-0.15, -0.1) is 0 Å². The van der Waals surface area contributed by atoms with Crippen LogP contribution in [0.2, 0.25) is 0 Å². The van der Waals surface area contributed by atoms with E-state index in [1.807, 2.05) is 29.0 Å². The van der Waals surface area contributed by atoms with E-state index in [1.54, 1.807) is 49.2 Å². The second-order valence-corrected chi connectivity index (χ2v) is 7.74. The molecule has 0 spiro atoms. The highest BCUT2D eigenvalue weighted by atomic mass is 16.3. The van der Waals surface area contributed by atoms with Crippen molar-refractivity contribution >= 4 is 28.4 Å². The molecule has 1 amide bonds. The summed E-state index contributed by atoms with van der Waals surface area (Å²) in [5, 5.41) is 0.766. The molecular formula is C24H20N4O4. The maximum Gasteiger partial charge on any atom is 0.291 e. The number of imidazole rings is 1. The maximum atomic E-state index is 13.4. The summed E-state index contributed by atoms with van der Waals surface area (Å²) in [5.74, 6) is -2.97. The van der Waals surface area contributed by atoms with Gasteiger partial charge in [-0.3, -0.25) is 19.4 Å². The van der Waals surface area contributed by atoms with Gasteiger partial charge in [-0.25, -0.2) is 4.98 Å². The Labute approximate surface area is 183 Å². The van der Waals surface area contributed by atoms with E-state index in [4.69, 9.17) is 4.42 Å². The molecule has 0 radical (unpaired) electrons. The van der Waals surface area contributed by atoms with Gasteiger partial charge < -0.3 is 13.9 Å². The quantitative estimate of drug-likeness (QED) is 0.255.